The molecule has 1 aromatic rings. The van der Waals surface area contributed by atoms with Gasteiger partial charge in [0.25, 0.3) is 5.91 Å². The SMILES string of the molecule is CSCc1ccc(C(=O)NCC2(CCO)CC2)o1. The van der Waals surface area contributed by atoms with Crippen molar-refractivity contribution in [3.8, 4) is 0 Å². The first-order chi connectivity index (χ1) is 8.69. The largest absolute Gasteiger partial charge is 0.455 e. The Balaban J connectivity index is 1.83. The van der Waals surface area contributed by atoms with Crippen LogP contribution in [0.5, 0.6) is 0 Å². The molecule has 1 amide bonds. The molecule has 0 aromatic carbocycles. The van der Waals surface area contributed by atoms with Crippen LogP contribution in [0, 0.1) is 5.41 Å². The van der Waals surface area contributed by atoms with Crippen molar-refractivity contribution in [2.75, 3.05) is 19.4 Å². The zero-order valence-electron chi connectivity index (χ0n) is 10.6. The molecule has 1 saturated carbocycles. The summed E-state index contributed by atoms with van der Waals surface area (Å²) in [4.78, 5) is 11.9. The number of aliphatic hydroxyl groups is 1. The number of hydrogen-bond donors (Lipinski definition) is 2. The standard InChI is InChI=1S/C13H19NO3S/c1-18-8-10-2-3-11(17-10)12(16)14-9-13(4-5-13)6-7-15/h2-3,15H,4-9H2,1H3,(H,14,16). The second kappa shape index (κ2) is 5.80. The molecule has 0 spiro atoms. The number of aliphatic hydroxyl groups excluding tert-OH is 1. The lowest BCUT2D eigenvalue weighted by molar-refractivity contribution is 0.0911. The van der Waals surface area contributed by atoms with Crippen molar-refractivity contribution in [3.05, 3.63) is 23.7 Å². The van der Waals surface area contributed by atoms with Gasteiger partial charge in [0.15, 0.2) is 5.76 Å². The van der Waals surface area contributed by atoms with E-state index in [4.69, 9.17) is 9.52 Å². The van der Waals surface area contributed by atoms with E-state index in [1.807, 2.05) is 12.3 Å². The van der Waals surface area contributed by atoms with Crippen molar-refractivity contribution in [2.45, 2.75) is 25.0 Å². The van der Waals surface area contributed by atoms with Crippen molar-refractivity contribution < 1.29 is 14.3 Å². The predicted octanol–water partition coefficient (Wildman–Crippen LogP) is 2.04. The normalized spacial score (nSPS) is 16.6. The summed E-state index contributed by atoms with van der Waals surface area (Å²) in [5.41, 5.74) is 0.138. The van der Waals surface area contributed by atoms with Crippen molar-refractivity contribution in [3.63, 3.8) is 0 Å². The van der Waals surface area contributed by atoms with Crippen LogP contribution in [-0.4, -0.2) is 30.4 Å². The van der Waals surface area contributed by atoms with Crippen LogP contribution in [-0.2, 0) is 5.75 Å². The number of hydrogen-bond acceptors (Lipinski definition) is 4. The van der Waals surface area contributed by atoms with Crippen molar-refractivity contribution in [1.82, 2.24) is 5.32 Å². The lowest BCUT2D eigenvalue weighted by atomic mass is 10.0. The maximum atomic E-state index is 11.9. The average Bonchev–Trinajstić information content (AvgIpc) is 2.96. The van der Waals surface area contributed by atoms with E-state index in [-0.39, 0.29) is 17.9 Å². The van der Waals surface area contributed by atoms with Crippen molar-refractivity contribution in [2.24, 2.45) is 5.41 Å². The van der Waals surface area contributed by atoms with Gasteiger partial charge in [0.2, 0.25) is 0 Å². The molecule has 18 heavy (non-hydrogen) atoms. The third kappa shape index (κ3) is 3.29. The summed E-state index contributed by atoms with van der Waals surface area (Å²) in [6.07, 6.45) is 4.94. The van der Waals surface area contributed by atoms with Gasteiger partial charge in [0.05, 0.1) is 5.75 Å². The van der Waals surface area contributed by atoms with Crippen LogP contribution in [0.15, 0.2) is 16.5 Å². The van der Waals surface area contributed by atoms with Crippen LogP contribution in [0.25, 0.3) is 0 Å². The molecule has 100 valence electrons. The van der Waals surface area contributed by atoms with E-state index in [0.29, 0.717) is 12.3 Å². The highest BCUT2D eigenvalue weighted by Crippen LogP contribution is 2.47. The number of rotatable bonds is 7. The highest BCUT2D eigenvalue weighted by atomic mass is 32.2. The van der Waals surface area contributed by atoms with Gasteiger partial charge >= 0.3 is 0 Å². The molecule has 1 fully saturated rings. The van der Waals surface area contributed by atoms with E-state index in [9.17, 15) is 4.79 Å². The number of carbonyl (C=O) groups is 1. The molecule has 1 heterocycles. The Morgan fingerprint density at radius 1 is 1.56 bits per heavy atom. The monoisotopic (exact) mass is 269 g/mol. The van der Waals surface area contributed by atoms with Crippen LogP contribution in [0.3, 0.4) is 0 Å². The molecule has 0 atom stereocenters. The predicted molar refractivity (Wildman–Crippen MR) is 71.6 cm³/mol. The van der Waals surface area contributed by atoms with Gasteiger partial charge in [0.1, 0.15) is 5.76 Å². The summed E-state index contributed by atoms with van der Waals surface area (Å²) in [6, 6.07) is 3.55. The zero-order valence-corrected chi connectivity index (χ0v) is 11.4. The molecular weight excluding hydrogens is 250 g/mol. The van der Waals surface area contributed by atoms with E-state index in [2.05, 4.69) is 5.32 Å². The number of amides is 1. The minimum Gasteiger partial charge on any atom is -0.455 e. The molecule has 1 aromatic heterocycles. The fourth-order valence-corrected chi connectivity index (χ4v) is 2.44. The second-order valence-corrected chi connectivity index (χ2v) is 5.72. The molecule has 0 unspecified atom stereocenters. The topological polar surface area (TPSA) is 62.5 Å². The number of carbonyl (C=O) groups excluding carboxylic acids is 1. The first kappa shape index (κ1) is 13.5. The van der Waals surface area contributed by atoms with Crippen molar-refractivity contribution >= 4 is 17.7 Å². The Morgan fingerprint density at radius 2 is 2.33 bits per heavy atom. The van der Waals surface area contributed by atoms with E-state index in [0.717, 1.165) is 30.8 Å². The quantitative estimate of drug-likeness (QED) is 0.795. The Hall–Kier alpha value is -0.940. The van der Waals surface area contributed by atoms with Crippen LogP contribution in [0.4, 0.5) is 0 Å². The van der Waals surface area contributed by atoms with E-state index in [1.165, 1.54) is 0 Å². The molecule has 0 bridgehead atoms. The lowest BCUT2D eigenvalue weighted by Crippen LogP contribution is -2.30. The zero-order chi connectivity index (χ0) is 13.0. The molecule has 2 N–H and O–H groups in total. The Bertz CT molecular complexity index is 412. The Kier molecular flexibility index (Phi) is 4.35. The maximum Gasteiger partial charge on any atom is 0.287 e. The second-order valence-electron chi connectivity index (χ2n) is 4.86. The van der Waals surface area contributed by atoms with Gasteiger partial charge in [-0.15, -0.1) is 0 Å². The first-order valence-electron chi connectivity index (χ1n) is 6.16. The van der Waals surface area contributed by atoms with Gasteiger partial charge in [0, 0.05) is 13.2 Å². The highest BCUT2D eigenvalue weighted by molar-refractivity contribution is 7.97. The molecule has 0 saturated heterocycles. The Morgan fingerprint density at radius 3 is 2.94 bits per heavy atom. The van der Waals surface area contributed by atoms with Crippen LogP contribution in [0.2, 0.25) is 0 Å². The first-order valence-corrected chi connectivity index (χ1v) is 7.55. The summed E-state index contributed by atoms with van der Waals surface area (Å²) in [6.45, 7) is 0.819. The van der Waals surface area contributed by atoms with Gasteiger partial charge in [-0.1, -0.05) is 0 Å². The third-order valence-electron chi connectivity index (χ3n) is 3.40. The minimum absolute atomic E-state index is 0.138. The third-order valence-corrected chi connectivity index (χ3v) is 3.97. The number of nitrogens with one attached hydrogen (secondary N) is 1. The molecular formula is C13H19NO3S. The smallest absolute Gasteiger partial charge is 0.287 e. The Labute approximate surface area is 111 Å². The summed E-state index contributed by atoms with van der Waals surface area (Å²) in [7, 11) is 0. The van der Waals surface area contributed by atoms with Gasteiger partial charge in [-0.2, -0.15) is 11.8 Å². The summed E-state index contributed by atoms with van der Waals surface area (Å²) < 4.78 is 5.45. The molecule has 0 aliphatic heterocycles. The van der Waals surface area contributed by atoms with Gasteiger partial charge < -0.3 is 14.8 Å². The molecule has 5 heteroatoms. The average molecular weight is 269 g/mol. The van der Waals surface area contributed by atoms with Crippen LogP contribution < -0.4 is 5.32 Å². The molecule has 1 aliphatic rings. The molecule has 4 nitrogen and oxygen atoms in total. The summed E-state index contributed by atoms with van der Waals surface area (Å²) in [5, 5.41) is 11.8. The summed E-state index contributed by atoms with van der Waals surface area (Å²) in [5.74, 6) is 1.82. The fraction of sp³-hybridized carbons (Fsp3) is 0.615. The number of thioether (sulfide) groups is 1. The van der Waals surface area contributed by atoms with E-state index < -0.39 is 0 Å². The van der Waals surface area contributed by atoms with Gasteiger partial charge in [-0.3, -0.25) is 4.79 Å². The van der Waals surface area contributed by atoms with Gasteiger partial charge in [-0.25, -0.2) is 0 Å². The molecule has 1 aliphatic carbocycles. The van der Waals surface area contributed by atoms with Crippen LogP contribution in [0.1, 0.15) is 35.6 Å². The molecule has 2 rings (SSSR count). The van der Waals surface area contributed by atoms with Gasteiger partial charge in [-0.05, 0) is 43.1 Å². The lowest BCUT2D eigenvalue weighted by Gasteiger charge is -2.13. The maximum absolute atomic E-state index is 11.9. The van der Waals surface area contributed by atoms with Crippen molar-refractivity contribution in [1.29, 1.82) is 0 Å². The van der Waals surface area contributed by atoms with Crippen LogP contribution >= 0.6 is 11.8 Å². The highest BCUT2D eigenvalue weighted by Gasteiger charge is 2.42. The minimum atomic E-state index is -0.161. The fourth-order valence-electron chi connectivity index (χ4n) is 2.00. The number of furan rings is 1. The van der Waals surface area contributed by atoms with E-state index in [1.54, 1.807) is 17.8 Å². The summed E-state index contributed by atoms with van der Waals surface area (Å²) >= 11 is 1.66. The molecule has 0 radical (unpaired) electrons. The van der Waals surface area contributed by atoms with E-state index >= 15 is 0 Å².